The van der Waals surface area contributed by atoms with Gasteiger partial charge in [-0.1, -0.05) is 38.1 Å². The first-order valence-corrected chi connectivity index (χ1v) is 14.9. The number of carbonyl (C=O) groups is 2. The summed E-state index contributed by atoms with van der Waals surface area (Å²) in [5.74, 6) is -0.459. The Balaban J connectivity index is 1.59. The van der Waals surface area contributed by atoms with Gasteiger partial charge in [0, 0.05) is 24.7 Å². The Bertz CT molecular complexity index is 1480. The zero-order valence-electron chi connectivity index (χ0n) is 22.7. The average Bonchev–Trinajstić information content (AvgIpc) is 3.06. The second-order valence-corrected chi connectivity index (χ2v) is 11.5. The molecule has 0 radical (unpaired) electrons. The maximum absolute atomic E-state index is 13.0. The van der Waals surface area contributed by atoms with Gasteiger partial charge in [0.05, 0.1) is 34.6 Å². The van der Waals surface area contributed by atoms with E-state index in [1.165, 1.54) is 11.4 Å². The molecule has 0 unspecified atom stereocenters. The van der Waals surface area contributed by atoms with Crippen LogP contribution in [0, 0.1) is 0 Å². The molecule has 0 atom stereocenters. The summed E-state index contributed by atoms with van der Waals surface area (Å²) in [5, 5.41) is 9.20. The van der Waals surface area contributed by atoms with E-state index < -0.39 is 10.0 Å². The van der Waals surface area contributed by atoms with Crippen molar-refractivity contribution in [1.29, 1.82) is 0 Å². The molecule has 0 saturated carbocycles. The van der Waals surface area contributed by atoms with E-state index >= 15 is 0 Å². The van der Waals surface area contributed by atoms with Gasteiger partial charge in [0.15, 0.2) is 0 Å². The summed E-state index contributed by atoms with van der Waals surface area (Å²) in [7, 11) is -1.96. The van der Waals surface area contributed by atoms with Crippen LogP contribution in [0.15, 0.2) is 60.7 Å². The summed E-state index contributed by atoms with van der Waals surface area (Å²) in [6, 6.07) is 17.7. The molecule has 0 aliphatic carbocycles. The third-order valence-electron chi connectivity index (χ3n) is 6.95. The topological polar surface area (TPSA) is 111 Å². The maximum atomic E-state index is 13.0. The molecule has 206 valence electrons. The fourth-order valence-electron chi connectivity index (χ4n) is 4.56. The van der Waals surface area contributed by atoms with E-state index in [0.717, 1.165) is 37.9 Å². The van der Waals surface area contributed by atoms with Crippen LogP contribution in [0.5, 0.6) is 0 Å². The number of rotatable bonds is 10. The molecule has 0 aromatic heterocycles. The Kier molecular flexibility index (Phi) is 8.57. The molecular formula is C29H35N5O4S. The van der Waals surface area contributed by atoms with Crippen LogP contribution in [-0.4, -0.2) is 64.6 Å². The van der Waals surface area contributed by atoms with Crippen LogP contribution in [0.2, 0.25) is 0 Å². The minimum absolute atomic E-state index is 0.179. The van der Waals surface area contributed by atoms with E-state index in [4.69, 9.17) is 0 Å². The fourth-order valence-corrected chi connectivity index (χ4v) is 5.08. The highest BCUT2D eigenvalue weighted by molar-refractivity contribution is 7.92. The summed E-state index contributed by atoms with van der Waals surface area (Å²) < 4.78 is 25.7. The van der Waals surface area contributed by atoms with E-state index in [2.05, 4.69) is 34.7 Å². The van der Waals surface area contributed by atoms with Crippen molar-refractivity contribution in [2.24, 2.45) is 0 Å². The van der Waals surface area contributed by atoms with Crippen molar-refractivity contribution in [3.8, 4) is 11.1 Å². The van der Waals surface area contributed by atoms with Gasteiger partial charge in [-0.05, 0) is 68.0 Å². The highest BCUT2D eigenvalue weighted by Gasteiger charge is 2.22. The summed E-state index contributed by atoms with van der Waals surface area (Å²) in [6.45, 7) is 7.71. The van der Waals surface area contributed by atoms with Crippen molar-refractivity contribution < 1.29 is 18.0 Å². The highest BCUT2D eigenvalue weighted by Crippen LogP contribution is 2.37. The maximum Gasteiger partial charge on any atom is 0.257 e. The third kappa shape index (κ3) is 6.40. The van der Waals surface area contributed by atoms with E-state index in [-0.39, 0.29) is 11.8 Å². The van der Waals surface area contributed by atoms with Crippen LogP contribution < -0.4 is 20.3 Å². The average molecular weight is 550 g/mol. The molecule has 1 aliphatic heterocycles. The first-order valence-electron chi connectivity index (χ1n) is 13.0. The van der Waals surface area contributed by atoms with Crippen LogP contribution in [0.3, 0.4) is 0 Å². The SMILES string of the molecule is CCN(CC)CCCNC(=O)c1ccc2c(c1)Nc1cc(-c3ccccc3N(C)S(C)(=O)=O)ccc1C(=O)N2. The molecule has 0 fully saturated rings. The lowest BCUT2D eigenvalue weighted by atomic mass is 10.0. The van der Waals surface area contributed by atoms with Crippen LogP contribution in [-0.2, 0) is 10.0 Å². The Morgan fingerprint density at radius 1 is 0.897 bits per heavy atom. The van der Waals surface area contributed by atoms with Crippen molar-refractivity contribution in [3.05, 3.63) is 71.8 Å². The molecule has 10 heteroatoms. The van der Waals surface area contributed by atoms with Crippen molar-refractivity contribution in [2.75, 3.05) is 54.4 Å². The Hall–Kier alpha value is -3.89. The molecule has 4 rings (SSSR count). The minimum Gasteiger partial charge on any atom is -0.353 e. The zero-order valence-corrected chi connectivity index (χ0v) is 23.6. The highest BCUT2D eigenvalue weighted by atomic mass is 32.2. The number of nitrogens with zero attached hydrogens (tertiary/aromatic N) is 2. The normalized spacial score (nSPS) is 12.6. The summed E-state index contributed by atoms with van der Waals surface area (Å²) in [6.07, 6.45) is 2.02. The van der Waals surface area contributed by atoms with Gasteiger partial charge in [-0.3, -0.25) is 13.9 Å². The number of hydrogen-bond donors (Lipinski definition) is 3. The van der Waals surface area contributed by atoms with Gasteiger partial charge >= 0.3 is 0 Å². The summed E-state index contributed by atoms with van der Waals surface area (Å²) in [5.41, 5.74) is 4.60. The van der Waals surface area contributed by atoms with Gasteiger partial charge in [0.2, 0.25) is 10.0 Å². The Morgan fingerprint density at radius 3 is 2.36 bits per heavy atom. The second-order valence-electron chi connectivity index (χ2n) is 9.48. The number of amides is 2. The van der Waals surface area contributed by atoms with Crippen molar-refractivity contribution in [2.45, 2.75) is 20.3 Å². The Morgan fingerprint density at radius 2 is 1.64 bits per heavy atom. The molecule has 0 bridgehead atoms. The molecule has 0 spiro atoms. The smallest absolute Gasteiger partial charge is 0.257 e. The van der Waals surface area contributed by atoms with Crippen LogP contribution >= 0.6 is 0 Å². The van der Waals surface area contributed by atoms with E-state index in [0.29, 0.717) is 46.0 Å². The predicted octanol–water partition coefficient (Wildman–Crippen LogP) is 4.52. The minimum atomic E-state index is -3.47. The standard InChI is InChI=1S/C29H35N5O4S/c1-5-34(6-2)17-9-16-30-28(35)21-13-15-24-26(19-21)31-25-18-20(12-14-23(25)29(36)32-24)22-10-7-8-11-27(22)33(3)39(4,37)38/h7-8,10-15,18-19,31H,5-6,9,16-17H2,1-4H3,(H,30,35)(H,32,36). The lowest BCUT2D eigenvalue weighted by Gasteiger charge is -2.21. The number of hydrogen-bond acceptors (Lipinski definition) is 6. The molecule has 1 aliphatic rings. The molecule has 3 aromatic rings. The van der Waals surface area contributed by atoms with Gasteiger partial charge < -0.3 is 20.9 Å². The predicted molar refractivity (Wildman–Crippen MR) is 158 cm³/mol. The van der Waals surface area contributed by atoms with Crippen molar-refractivity contribution >= 4 is 44.6 Å². The molecule has 3 N–H and O–H groups in total. The molecule has 0 saturated heterocycles. The first-order chi connectivity index (χ1) is 18.6. The molecule has 2 amide bonds. The van der Waals surface area contributed by atoms with Crippen molar-refractivity contribution in [1.82, 2.24) is 10.2 Å². The number of carbonyl (C=O) groups excluding carboxylic acids is 2. The van der Waals surface area contributed by atoms with Gasteiger partial charge in [0.1, 0.15) is 0 Å². The third-order valence-corrected chi connectivity index (χ3v) is 8.14. The lowest BCUT2D eigenvalue weighted by Crippen LogP contribution is -2.29. The van der Waals surface area contributed by atoms with Gasteiger partial charge in [-0.2, -0.15) is 0 Å². The lowest BCUT2D eigenvalue weighted by molar-refractivity contribution is 0.0951. The molecular weight excluding hydrogens is 514 g/mol. The van der Waals surface area contributed by atoms with Crippen LogP contribution in [0.1, 0.15) is 41.0 Å². The second kappa shape index (κ2) is 11.9. The van der Waals surface area contributed by atoms with E-state index in [9.17, 15) is 18.0 Å². The number of nitrogens with one attached hydrogen (secondary N) is 3. The zero-order chi connectivity index (χ0) is 28.2. The molecule has 3 aromatic carbocycles. The number of para-hydroxylation sites is 1. The fraction of sp³-hybridized carbons (Fsp3) is 0.310. The van der Waals surface area contributed by atoms with Crippen LogP contribution in [0.4, 0.5) is 22.7 Å². The quantitative estimate of drug-likeness (QED) is 0.321. The number of fused-ring (bicyclic) bond motifs is 2. The molecule has 1 heterocycles. The summed E-state index contributed by atoms with van der Waals surface area (Å²) >= 11 is 0. The number of benzene rings is 3. The molecule has 39 heavy (non-hydrogen) atoms. The van der Waals surface area contributed by atoms with Crippen LogP contribution in [0.25, 0.3) is 11.1 Å². The number of sulfonamides is 1. The van der Waals surface area contributed by atoms with E-state index in [1.54, 1.807) is 42.5 Å². The van der Waals surface area contributed by atoms with Crippen molar-refractivity contribution in [3.63, 3.8) is 0 Å². The van der Waals surface area contributed by atoms with Gasteiger partial charge in [-0.15, -0.1) is 0 Å². The Labute approximate surface area is 230 Å². The number of anilines is 4. The molecule has 9 nitrogen and oxygen atoms in total. The van der Waals surface area contributed by atoms with E-state index in [1.807, 2.05) is 18.2 Å². The first kappa shape index (κ1) is 28.1. The van der Waals surface area contributed by atoms with Gasteiger partial charge in [0.25, 0.3) is 11.8 Å². The largest absolute Gasteiger partial charge is 0.353 e. The van der Waals surface area contributed by atoms with Gasteiger partial charge in [-0.25, -0.2) is 8.42 Å². The monoisotopic (exact) mass is 549 g/mol. The summed E-state index contributed by atoms with van der Waals surface area (Å²) in [4.78, 5) is 28.1.